The quantitative estimate of drug-likeness (QED) is 0.841. The Hall–Kier alpha value is -0.0500. The topological polar surface area (TPSA) is 12.0 Å². The minimum Gasteiger partial charge on any atom is -0.310 e. The Balaban J connectivity index is 2.12. The first-order valence-corrected chi connectivity index (χ1v) is 7.06. The molecule has 0 aromatic heterocycles. The van der Waals surface area contributed by atoms with Gasteiger partial charge in [-0.15, -0.1) is 0 Å². The molecule has 16 heavy (non-hydrogen) atoms. The van der Waals surface area contributed by atoms with Crippen LogP contribution in [0.15, 0.2) is 22.7 Å². The van der Waals surface area contributed by atoms with Crippen LogP contribution in [-0.4, -0.2) is 6.54 Å². The van der Waals surface area contributed by atoms with E-state index in [2.05, 4.69) is 40.3 Å². The summed E-state index contributed by atoms with van der Waals surface area (Å²) < 4.78 is 0.991. The third-order valence-corrected chi connectivity index (χ3v) is 4.28. The van der Waals surface area contributed by atoms with E-state index >= 15 is 0 Å². The standard InChI is InChI=1S/C13H17BrClN/c1-2-16-13(7-9-3-4-9)10-5-6-12(15)11(14)8-10/h5-6,8-9,13,16H,2-4,7H2,1H3. The highest BCUT2D eigenvalue weighted by Crippen LogP contribution is 2.38. The smallest absolute Gasteiger partial charge is 0.0548 e. The van der Waals surface area contributed by atoms with Crippen LogP contribution in [-0.2, 0) is 0 Å². The summed E-state index contributed by atoms with van der Waals surface area (Å²) in [4.78, 5) is 0. The first-order valence-electron chi connectivity index (χ1n) is 5.89. The van der Waals surface area contributed by atoms with E-state index in [0.717, 1.165) is 22.0 Å². The van der Waals surface area contributed by atoms with Crippen molar-refractivity contribution in [1.29, 1.82) is 0 Å². The molecule has 0 amide bonds. The van der Waals surface area contributed by atoms with E-state index in [-0.39, 0.29) is 0 Å². The fourth-order valence-corrected chi connectivity index (χ4v) is 2.51. The lowest BCUT2D eigenvalue weighted by Gasteiger charge is -2.18. The molecular formula is C13H17BrClN. The first kappa shape index (κ1) is 12.4. The molecule has 1 aliphatic rings. The Bertz CT molecular complexity index is 363. The number of halogens is 2. The summed E-state index contributed by atoms with van der Waals surface area (Å²) in [7, 11) is 0. The highest BCUT2D eigenvalue weighted by molar-refractivity contribution is 9.10. The van der Waals surface area contributed by atoms with Crippen molar-refractivity contribution < 1.29 is 0 Å². The maximum atomic E-state index is 6.01. The fraction of sp³-hybridized carbons (Fsp3) is 0.538. The van der Waals surface area contributed by atoms with E-state index in [1.165, 1.54) is 24.8 Å². The van der Waals surface area contributed by atoms with E-state index in [9.17, 15) is 0 Å². The van der Waals surface area contributed by atoms with Gasteiger partial charge in [0, 0.05) is 10.5 Å². The zero-order chi connectivity index (χ0) is 11.5. The third-order valence-electron chi connectivity index (χ3n) is 3.06. The van der Waals surface area contributed by atoms with Gasteiger partial charge in [-0.2, -0.15) is 0 Å². The lowest BCUT2D eigenvalue weighted by Crippen LogP contribution is -2.21. The minimum absolute atomic E-state index is 0.478. The van der Waals surface area contributed by atoms with Crippen molar-refractivity contribution in [3.63, 3.8) is 0 Å². The molecule has 1 atom stereocenters. The molecule has 0 radical (unpaired) electrons. The van der Waals surface area contributed by atoms with Crippen LogP contribution in [0.5, 0.6) is 0 Å². The van der Waals surface area contributed by atoms with Crippen LogP contribution in [0.1, 0.15) is 37.8 Å². The van der Waals surface area contributed by atoms with Gasteiger partial charge in [0.15, 0.2) is 0 Å². The maximum Gasteiger partial charge on any atom is 0.0548 e. The van der Waals surface area contributed by atoms with E-state index in [4.69, 9.17) is 11.6 Å². The van der Waals surface area contributed by atoms with Gasteiger partial charge in [-0.25, -0.2) is 0 Å². The number of nitrogens with one attached hydrogen (secondary N) is 1. The Kier molecular flexibility index (Phi) is 4.28. The van der Waals surface area contributed by atoms with E-state index < -0.39 is 0 Å². The Labute approximate surface area is 111 Å². The predicted molar refractivity (Wildman–Crippen MR) is 72.9 cm³/mol. The molecule has 1 aromatic carbocycles. The average Bonchev–Trinajstić information content (AvgIpc) is 3.05. The van der Waals surface area contributed by atoms with Gasteiger partial charge in [0.25, 0.3) is 0 Å². The third kappa shape index (κ3) is 3.22. The van der Waals surface area contributed by atoms with Crippen LogP contribution >= 0.6 is 27.5 Å². The van der Waals surface area contributed by atoms with Crippen LogP contribution in [0.25, 0.3) is 0 Å². The molecular weight excluding hydrogens is 286 g/mol. The van der Waals surface area contributed by atoms with Gasteiger partial charge in [0.05, 0.1) is 5.02 Å². The molecule has 1 unspecified atom stereocenters. The molecule has 0 bridgehead atoms. The predicted octanol–water partition coefficient (Wildman–Crippen LogP) is 4.55. The normalized spacial score (nSPS) is 17.4. The van der Waals surface area contributed by atoms with Gasteiger partial charge in [-0.05, 0) is 52.5 Å². The number of hydrogen-bond donors (Lipinski definition) is 1. The zero-order valence-electron chi connectivity index (χ0n) is 9.47. The number of hydrogen-bond acceptors (Lipinski definition) is 1. The summed E-state index contributed by atoms with van der Waals surface area (Å²) in [5.41, 5.74) is 1.34. The summed E-state index contributed by atoms with van der Waals surface area (Å²) in [5.74, 6) is 0.929. The molecule has 1 nitrogen and oxygen atoms in total. The van der Waals surface area contributed by atoms with Crippen molar-refractivity contribution in [2.75, 3.05) is 6.54 Å². The molecule has 0 aliphatic heterocycles. The Morgan fingerprint density at radius 1 is 1.50 bits per heavy atom. The van der Waals surface area contributed by atoms with Crippen molar-refractivity contribution >= 4 is 27.5 Å². The highest BCUT2D eigenvalue weighted by Gasteiger charge is 2.26. The Morgan fingerprint density at radius 3 is 2.81 bits per heavy atom. The summed E-state index contributed by atoms with van der Waals surface area (Å²) in [6.07, 6.45) is 4.05. The average molecular weight is 303 g/mol. The summed E-state index contributed by atoms with van der Waals surface area (Å²) in [6.45, 7) is 3.17. The minimum atomic E-state index is 0.478. The molecule has 1 saturated carbocycles. The van der Waals surface area contributed by atoms with Crippen LogP contribution in [0.4, 0.5) is 0 Å². The highest BCUT2D eigenvalue weighted by atomic mass is 79.9. The molecule has 1 aliphatic carbocycles. The molecule has 88 valence electrons. The van der Waals surface area contributed by atoms with E-state index in [1.807, 2.05) is 6.07 Å². The molecule has 1 N–H and O–H groups in total. The van der Waals surface area contributed by atoms with Gasteiger partial charge in [-0.3, -0.25) is 0 Å². The van der Waals surface area contributed by atoms with Crippen LogP contribution in [0.2, 0.25) is 5.02 Å². The van der Waals surface area contributed by atoms with Crippen molar-refractivity contribution in [1.82, 2.24) is 5.32 Å². The summed E-state index contributed by atoms with van der Waals surface area (Å²) in [5, 5.41) is 4.34. The van der Waals surface area contributed by atoms with Gasteiger partial charge in [0.2, 0.25) is 0 Å². The van der Waals surface area contributed by atoms with Crippen molar-refractivity contribution in [3.8, 4) is 0 Å². The lowest BCUT2D eigenvalue weighted by atomic mass is 10.0. The molecule has 0 saturated heterocycles. The van der Waals surface area contributed by atoms with Crippen molar-refractivity contribution in [2.24, 2.45) is 5.92 Å². The van der Waals surface area contributed by atoms with Crippen molar-refractivity contribution in [2.45, 2.75) is 32.2 Å². The van der Waals surface area contributed by atoms with Gasteiger partial charge < -0.3 is 5.32 Å². The molecule has 3 heteroatoms. The SMILES string of the molecule is CCNC(CC1CC1)c1ccc(Cl)c(Br)c1. The lowest BCUT2D eigenvalue weighted by molar-refractivity contribution is 0.487. The van der Waals surface area contributed by atoms with Crippen LogP contribution < -0.4 is 5.32 Å². The molecule has 0 heterocycles. The maximum absolute atomic E-state index is 6.01. The fourth-order valence-electron chi connectivity index (χ4n) is 2.00. The van der Waals surface area contributed by atoms with E-state index in [0.29, 0.717) is 6.04 Å². The molecule has 2 rings (SSSR count). The second-order valence-electron chi connectivity index (χ2n) is 4.46. The van der Waals surface area contributed by atoms with Gasteiger partial charge in [0.1, 0.15) is 0 Å². The van der Waals surface area contributed by atoms with Gasteiger partial charge in [-0.1, -0.05) is 37.4 Å². The zero-order valence-corrected chi connectivity index (χ0v) is 11.8. The number of benzene rings is 1. The monoisotopic (exact) mass is 301 g/mol. The summed E-state index contributed by atoms with van der Waals surface area (Å²) >= 11 is 9.50. The first-order chi connectivity index (χ1) is 7.70. The largest absolute Gasteiger partial charge is 0.310 e. The van der Waals surface area contributed by atoms with Crippen LogP contribution in [0, 0.1) is 5.92 Å². The molecule has 0 spiro atoms. The van der Waals surface area contributed by atoms with Gasteiger partial charge >= 0.3 is 0 Å². The second-order valence-corrected chi connectivity index (χ2v) is 5.72. The van der Waals surface area contributed by atoms with Crippen LogP contribution in [0.3, 0.4) is 0 Å². The number of rotatable bonds is 5. The Morgan fingerprint density at radius 2 is 2.25 bits per heavy atom. The second kappa shape index (κ2) is 5.52. The summed E-state index contributed by atoms with van der Waals surface area (Å²) in [6, 6.07) is 6.71. The molecule has 1 fully saturated rings. The van der Waals surface area contributed by atoms with Crippen molar-refractivity contribution in [3.05, 3.63) is 33.3 Å². The van der Waals surface area contributed by atoms with E-state index in [1.54, 1.807) is 0 Å². The molecule has 1 aromatic rings.